The highest BCUT2D eigenvalue weighted by molar-refractivity contribution is 5.92. The van der Waals surface area contributed by atoms with E-state index in [9.17, 15) is 4.79 Å². The molecule has 72 valence electrons. The number of ether oxygens (including phenoxy) is 1. The van der Waals surface area contributed by atoms with Gasteiger partial charge in [0, 0.05) is 12.7 Å². The molecule has 0 aromatic rings. The number of carbonyl (C=O) groups is 1. The summed E-state index contributed by atoms with van der Waals surface area (Å²) in [4.78, 5) is 11.0. The monoisotopic (exact) mass is 182 g/mol. The predicted octanol–water partition coefficient (Wildman–Crippen LogP) is 0.957. The van der Waals surface area contributed by atoms with E-state index in [-0.39, 0.29) is 12.2 Å². The van der Waals surface area contributed by atoms with Crippen LogP contribution in [-0.2, 0) is 9.53 Å². The Labute approximate surface area is 78.2 Å². The Morgan fingerprint density at radius 3 is 2.77 bits per heavy atom. The predicted molar refractivity (Wildman–Crippen MR) is 48.6 cm³/mol. The largest absolute Gasteiger partial charge is 0.462 e. The fraction of sp³-hybridized carbons (Fsp3) is 0.556. The van der Waals surface area contributed by atoms with Crippen LogP contribution < -0.4 is 5.32 Å². The standard InChI is InChI=1S/C9H14N2O2/c1-3-5-11-7-8(6-10)9(12)13-4-2/h7,11H,3-5H2,1-2H3/b8-7-. The molecule has 0 amide bonds. The van der Waals surface area contributed by atoms with Crippen molar-refractivity contribution >= 4 is 5.97 Å². The lowest BCUT2D eigenvalue weighted by molar-refractivity contribution is -0.138. The molecule has 0 fully saturated rings. The van der Waals surface area contributed by atoms with Crippen LogP contribution in [-0.4, -0.2) is 19.1 Å². The fourth-order valence-electron chi connectivity index (χ4n) is 0.664. The molecule has 0 aromatic heterocycles. The average Bonchev–Trinajstić information content (AvgIpc) is 2.13. The summed E-state index contributed by atoms with van der Waals surface area (Å²) in [6.07, 6.45) is 2.33. The molecule has 0 heterocycles. The number of nitriles is 1. The Morgan fingerprint density at radius 1 is 1.62 bits per heavy atom. The molecule has 0 radical (unpaired) electrons. The highest BCUT2D eigenvalue weighted by atomic mass is 16.5. The van der Waals surface area contributed by atoms with Crippen molar-refractivity contribution in [1.29, 1.82) is 5.26 Å². The van der Waals surface area contributed by atoms with E-state index in [0.717, 1.165) is 13.0 Å². The summed E-state index contributed by atoms with van der Waals surface area (Å²) in [5, 5.41) is 11.4. The van der Waals surface area contributed by atoms with E-state index >= 15 is 0 Å². The molecule has 0 saturated carbocycles. The van der Waals surface area contributed by atoms with Gasteiger partial charge in [-0.3, -0.25) is 0 Å². The minimum atomic E-state index is -0.575. The topological polar surface area (TPSA) is 62.1 Å². The van der Waals surface area contributed by atoms with Crippen LogP contribution in [0.5, 0.6) is 0 Å². The Balaban J connectivity index is 4.09. The Morgan fingerprint density at radius 2 is 2.31 bits per heavy atom. The number of nitrogens with zero attached hydrogens (tertiary/aromatic N) is 1. The third-order valence-corrected chi connectivity index (χ3v) is 1.26. The molecule has 0 spiro atoms. The van der Waals surface area contributed by atoms with Gasteiger partial charge in [0.05, 0.1) is 6.61 Å². The van der Waals surface area contributed by atoms with Crippen LogP contribution >= 0.6 is 0 Å². The number of hydrogen-bond donors (Lipinski definition) is 1. The summed E-state index contributed by atoms with van der Waals surface area (Å²) in [5.41, 5.74) is 0.00954. The summed E-state index contributed by atoms with van der Waals surface area (Å²) in [6, 6.07) is 1.77. The lowest BCUT2D eigenvalue weighted by Gasteiger charge is -2.00. The average molecular weight is 182 g/mol. The molecule has 0 unspecified atom stereocenters. The Bertz CT molecular complexity index is 228. The minimum absolute atomic E-state index is 0.00954. The first-order chi connectivity index (χ1) is 6.26. The fourth-order valence-corrected chi connectivity index (χ4v) is 0.664. The highest BCUT2D eigenvalue weighted by Crippen LogP contribution is 1.94. The Hall–Kier alpha value is -1.50. The van der Waals surface area contributed by atoms with Gasteiger partial charge in [0.15, 0.2) is 5.57 Å². The second-order valence-electron chi connectivity index (χ2n) is 2.34. The van der Waals surface area contributed by atoms with Gasteiger partial charge in [-0.15, -0.1) is 0 Å². The van der Waals surface area contributed by atoms with Gasteiger partial charge < -0.3 is 10.1 Å². The van der Waals surface area contributed by atoms with Crippen molar-refractivity contribution in [2.24, 2.45) is 0 Å². The Kier molecular flexibility index (Phi) is 6.34. The van der Waals surface area contributed by atoms with Crippen molar-refractivity contribution in [2.45, 2.75) is 20.3 Å². The molecule has 0 aliphatic rings. The van der Waals surface area contributed by atoms with Gasteiger partial charge in [-0.2, -0.15) is 5.26 Å². The summed E-state index contributed by atoms with van der Waals surface area (Å²) < 4.78 is 4.66. The molecule has 1 N–H and O–H groups in total. The van der Waals surface area contributed by atoms with E-state index < -0.39 is 5.97 Å². The van der Waals surface area contributed by atoms with Gasteiger partial charge in [0.1, 0.15) is 6.07 Å². The van der Waals surface area contributed by atoms with Crippen molar-refractivity contribution in [3.05, 3.63) is 11.8 Å². The van der Waals surface area contributed by atoms with E-state index in [2.05, 4.69) is 10.1 Å². The van der Waals surface area contributed by atoms with Crippen LogP contribution in [0.1, 0.15) is 20.3 Å². The summed E-state index contributed by atoms with van der Waals surface area (Å²) in [5.74, 6) is -0.575. The minimum Gasteiger partial charge on any atom is -0.462 e. The van der Waals surface area contributed by atoms with Crippen LogP contribution in [0.2, 0.25) is 0 Å². The van der Waals surface area contributed by atoms with Crippen LogP contribution in [0.25, 0.3) is 0 Å². The molecule has 0 bridgehead atoms. The van der Waals surface area contributed by atoms with Crippen molar-refractivity contribution in [3.63, 3.8) is 0 Å². The molecule has 0 aromatic carbocycles. The molecule has 0 saturated heterocycles. The van der Waals surface area contributed by atoms with E-state index in [1.54, 1.807) is 13.0 Å². The quantitative estimate of drug-likeness (QED) is 0.298. The van der Waals surface area contributed by atoms with Gasteiger partial charge in [-0.25, -0.2) is 4.79 Å². The van der Waals surface area contributed by atoms with E-state index in [0.29, 0.717) is 0 Å². The van der Waals surface area contributed by atoms with Crippen molar-refractivity contribution in [3.8, 4) is 6.07 Å². The summed E-state index contributed by atoms with van der Waals surface area (Å²) >= 11 is 0. The molecule has 0 aliphatic carbocycles. The van der Waals surface area contributed by atoms with E-state index in [1.807, 2.05) is 6.92 Å². The van der Waals surface area contributed by atoms with Crippen LogP contribution in [0.3, 0.4) is 0 Å². The smallest absolute Gasteiger partial charge is 0.350 e. The normalized spacial score (nSPS) is 10.4. The SMILES string of the molecule is CCCN/C=C(/C#N)C(=O)OCC. The number of nitrogens with one attached hydrogen (secondary N) is 1. The zero-order chi connectivity index (χ0) is 10.1. The van der Waals surface area contributed by atoms with Crippen molar-refractivity contribution in [2.75, 3.05) is 13.2 Å². The van der Waals surface area contributed by atoms with Gasteiger partial charge in [0.25, 0.3) is 0 Å². The first kappa shape index (κ1) is 11.5. The van der Waals surface area contributed by atoms with Gasteiger partial charge in [0.2, 0.25) is 0 Å². The molecule has 4 nitrogen and oxygen atoms in total. The second kappa shape index (κ2) is 7.17. The maximum Gasteiger partial charge on any atom is 0.350 e. The zero-order valence-corrected chi connectivity index (χ0v) is 7.96. The summed E-state index contributed by atoms with van der Waals surface area (Å²) in [6.45, 7) is 4.72. The van der Waals surface area contributed by atoms with Crippen LogP contribution in [0.15, 0.2) is 11.8 Å². The third-order valence-electron chi connectivity index (χ3n) is 1.26. The molecular weight excluding hydrogens is 168 g/mol. The van der Waals surface area contributed by atoms with E-state index in [4.69, 9.17) is 5.26 Å². The highest BCUT2D eigenvalue weighted by Gasteiger charge is 2.08. The number of rotatable bonds is 5. The number of hydrogen-bond acceptors (Lipinski definition) is 4. The van der Waals surface area contributed by atoms with E-state index in [1.165, 1.54) is 6.20 Å². The molecule has 0 atom stereocenters. The maximum absolute atomic E-state index is 11.0. The summed E-state index contributed by atoms with van der Waals surface area (Å²) in [7, 11) is 0. The molecule has 0 aliphatic heterocycles. The molecule has 0 rings (SSSR count). The first-order valence-electron chi connectivity index (χ1n) is 4.27. The van der Waals surface area contributed by atoms with Crippen LogP contribution in [0, 0.1) is 11.3 Å². The first-order valence-corrected chi connectivity index (χ1v) is 4.27. The number of carbonyl (C=O) groups excluding carboxylic acids is 1. The number of esters is 1. The molecule has 13 heavy (non-hydrogen) atoms. The van der Waals surface area contributed by atoms with Crippen molar-refractivity contribution in [1.82, 2.24) is 5.32 Å². The molecular formula is C9H14N2O2. The van der Waals surface area contributed by atoms with Crippen LogP contribution in [0.4, 0.5) is 0 Å². The lowest BCUT2D eigenvalue weighted by Crippen LogP contribution is -2.12. The van der Waals surface area contributed by atoms with Gasteiger partial charge in [-0.05, 0) is 13.3 Å². The van der Waals surface area contributed by atoms with Gasteiger partial charge in [-0.1, -0.05) is 6.92 Å². The zero-order valence-electron chi connectivity index (χ0n) is 7.96. The molecule has 4 heteroatoms. The second-order valence-corrected chi connectivity index (χ2v) is 2.34. The van der Waals surface area contributed by atoms with Gasteiger partial charge >= 0.3 is 5.97 Å². The lowest BCUT2D eigenvalue weighted by atomic mass is 10.3. The third kappa shape index (κ3) is 4.86. The maximum atomic E-state index is 11.0. The van der Waals surface area contributed by atoms with Crippen molar-refractivity contribution < 1.29 is 9.53 Å².